The number of nitrogens with one attached hydrogen (secondary N) is 1. The van der Waals surface area contributed by atoms with E-state index in [0.717, 1.165) is 43.5 Å². The van der Waals surface area contributed by atoms with E-state index in [1.807, 2.05) is 6.92 Å². The summed E-state index contributed by atoms with van der Waals surface area (Å²) in [5.41, 5.74) is -0.257. The molecule has 0 aliphatic carbocycles. The maximum atomic E-state index is 14.3. The number of carbonyl (C=O) groups is 1. The van der Waals surface area contributed by atoms with Gasteiger partial charge in [0, 0.05) is 18.3 Å². The van der Waals surface area contributed by atoms with Gasteiger partial charge in [-0.3, -0.25) is 4.79 Å². The standard InChI is InChI=1S/C20H21ClF2N2O3S/c1-2-14-5-3-4-10-25(14)29(27,28)15-7-9-18(22)16(12-15)20(26)24-13-6-8-19(23)17(21)11-13/h6-9,11-12,14H,2-5,10H2,1H3,(H,24,26). The highest BCUT2D eigenvalue weighted by Crippen LogP contribution is 2.28. The first-order valence-electron chi connectivity index (χ1n) is 9.32. The lowest BCUT2D eigenvalue weighted by atomic mass is 10.0. The predicted octanol–water partition coefficient (Wildman–Crippen LogP) is 4.82. The average Bonchev–Trinajstić information content (AvgIpc) is 2.70. The summed E-state index contributed by atoms with van der Waals surface area (Å²) < 4.78 is 55.2. The largest absolute Gasteiger partial charge is 0.322 e. The zero-order valence-corrected chi connectivity index (χ0v) is 17.4. The number of amides is 1. The number of anilines is 1. The van der Waals surface area contributed by atoms with Gasteiger partial charge in [0.2, 0.25) is 10.0 Å². The molecule has 1 aliphatic heterocycles. The van der Waals surface area contributed by atoms with Gasteiger partial charge in [-0.2, -0.15) is 4.31 Å². The fraction of sp³-hybridized carbons (Fsp3) is 0.350. The molecule has 1 saturated heterocycles. The third kappa shape index (κ3) is 4.60. The van der Waals surface area contributed by atoms with Gasteiger partial charge in [0.25, 0.3) is 5.91 Å². The Balaban J connectivity index is 1.90. The number of hydrogen-bond donors (Lipinski definition) is 1. The van der Waals surface area contributed by atoms with Crippen molar-refractivity contribution in [1.82, 2.24) is 4.31 Å². The van der Waals surface area contributed by atoms with Crippen molar-refractivity contribution >= 4 is 33.2 Å². The quantitative estimate of drug-likeness (QED) is 0.721. The average molecular weight is 443 g/mol. The Bertz CT molecular complexity index is 1030. The molecule has 29 heavy (non-hydrogen) atoms. The molecule has 3 rings (SSSR count). The molecule has 2 aromatic rings. The number of hydrogen-bond acceptors (Lipinski definition) is 3. The van der Waals surface area contributed by atoms with E-state index in [-0.39, 0.29) is 21.6 Å². The van der Waals surface area contributed by atoms with Crippen LogP contribution in [0.15, 0.2) is 41.3 Å². The van der Waals surface area contributed by atoms with Crippen LogP contribution in [0, 0.1) is 11.6 Å². The van der Waals surface area contributed by atoms with E-state index < -0.39 is 33.1 Å². The Kier molecular flexibility index (Phi) is 6.55. The molecule has 0 radical (unpaired) electrons. The lowest BCUT2D eigenvalue weighted by Gasteiger charge is -2.34. The van der Waals surface area contributed by atoms with Crippen LogP contribution in [-0.2, 0) is 10.0 Å². The van der Waals surface area contributed by atoms with E-state index >= 15 is 0 Å². The molecule has 0 spiro atoms. The number of rotatable bonds is 5. The molecule has 5 nitrogen and oxygen atoms in total. The number of carbonyl (C=O) groups excluding carboxylic acids is 1. The molecule has 1 N–H and O–H groups in total. The van der Waals surface area contributed by atoms with Gasteiger partial charge in [0.05, 0.1) is 15.5 Å². The van der Waals surface area contributed by atoms with Crippen molar-refractivity contribution in [2.75, 3.05) is 11.9 Å². The Morgan fingerprint density at radius 2 is 1.90 bits per heavy atom. The fourth-order valence-electron chi connectivity index (χ4n) is 3.44. The van der Waals surface area contributed by atoms with Gasteiger partial charge >= 0.3 is 0 Å². The summed E-state index contributed by atoms with van der Waals surface area (Å²) in [4.78, 5) is 12.4. The van der Waals surface area contributed by atoms with Crippen LogP contribution >= 0.6 is 11.6 Å². The number of piperidine rings is 1. The highest BCUT2D eigenvalue weighted by molar-refractivity contribution is 7.89. The minimum absolute atomic E-state index is 0.113. The van der Waals surface area contributed by atoms with Crippen molar-refractivity contribution < 1.29 is 22.0 Å². The molecule has 1 amide bonds. The summed E-state index contributed by atoms with van der Waals surface area (Å²) in [6.07, 6.45) is 3.17. The minimum Gasteiger partial charge on any atom is -0.322 e. The Hall–Kier alpha value is -2.03. The topological polar surface area (TPSA) is 66.5 Å². The molecule has 0 bridgehead atoms. The summed E-state index contributed by atoms with van der Waals surface area (Å²) in [6, 6.07) is 6.58. The zero-order chi connectivity index (χ0) is 21.2. The molecule has 0 saturated carbocycles. The van der Waals surface area contributed by atoms with Crippen molar-refractivity contribution in [3.05, 3.63) is 58.6 Å². The Labute approximate surface area is 173 Å². The molecule has 9 heteroatoms. The van der Waals surface area contributed by atoms with Crippen LogP contribution in [0.4, 0.5) is 14.5 Å². The van der Waals surface area contributed by atoms with Crippen molar-refractivity contribution in [2.24, 2.45) is 0 Å². The molecule has 1 fully saturated rings. The number of halogens is 3. The van der Waals surface area contributed by atoms with Crippen LogP contribution in [0.1, 0.15) is 43.0 Å². The summed E-state index contributed by atoms with van der Waals surface area (Å²) >= 11 is 5.69. The van der Waals surface area contributed by atoms with Gasteiger partial charge in [-0.1, -0.05) is 24.9 Å². The van der Waals surface area contributed by atoms with Crippen LogP contribution < -0.4 is 5.32 Å². The second kappa shape index (κ2) is 8.77. The van der Waals surface area contributed by atoms with Gasteiger partial charge in [-0.15, -0.1) is 0 Å². The van der Waals surface area contributed by atoms with Gasteiger partial charge in [0.15, 0.2) is 0 Å². The van der Waals surface area contributed by atoms with Crippen LogP contribution in [0.25, 0.3) is 0 Å². The van der Waals surface area contributed by atoms with Crippen molar-refractivity contribution in [3.8, 4) is 0 Å². The van der Waals surface area contributed by atoms with E-state index in [9.17, 15) is 22.0 Å². The highest BCUT2D eigenvalue weighted by Gasteiger charge is 2.33. The Morgan fingerprint density at radius 1 is 1.17 bits per heavy atom. The lowest BCUT2D eigenvalue weighted by molar-refractivity contribution is 0.102. The molecular weight excluding hydrogens is 422 g/mol. The molecule has 1 heterocycles. The van der Waals surface area contributed by atoms with E-state index in [1.165, 1.54) is 16.4 Å². The number of benzene rings is 2. The fourth-order valence-corrected chi connectivity index (χ4v) is 5.42. The first kappa shape index (κ1) is 21.7. The summed E-state index contributed by atoms with van der Waals surface area (Å²) in [5, 5.41) is 2.21. The minimum atomic E-state index is -3.87. The zero-order valence-electron chi connectivity index (χ0n) is 15.8. The van der Waals surface area contributed by atoms with Crippen LogP contribution in [0.2, 0.25) is 5.02 Å². The number of sulfonamides is 1. The maximum Gasteiger partial charge on any atom is 0.258 e. The molecule has 156 valence electrons. The van der Waals surface area contributed by atoms with Crippen LogP contribution in [0.3, 0.4) is 0 Å². The molecule has 1 unspecified atom stereocenters. The van der Waals surface area contributed by atoms with Gasteiger partial charge in [-0.05, 0) is 55.7 Å². The first-order chi connectivity index (χ1) is 13.7. The molecule has 2 aromatic carbocycles. The van der Waals surface area contributed by atoms with E-state index in [4.69, 9.17) is 11.6 Å². The van der Waals surface area contributed by atoms with Gasteiger partial charge < -0.3 is 5.32 Å². The summed E-state index contributed by atoms with van der Waals surface area (Å²) in [5.74, 6) is -2.37. The highest BCUT2D eigenvalue weighted by atomic mass is 35.5. The monoisotopic (exact) mass is 442 g/mol. The maximum absolute atomic E-state index is 14.3. The van der Waals surface area contributed by atoms with E-state index in [1.54, 1.807) is 0 Å². The predicted molar refractivity (Wildman–Crippen MR) is 108 cm³/mol. The second-order valence-corrected chi connectivity index (χ2v) is 9.20. The molecule has 0 aromatic heterocycles. The van der Waals surface area contributed by atoms with Crippen LogP contribution in [0.5, 0.6) is 0 Å². The summed E-state index contributed by atoms with van der Waals surface area (Å²) in [7, 11) is -3.87. The normalized spacial score (nSPS) is 17.9. The van der Waals surface area contributed by atoms with Crippen molar-refractivity contribution in [1.29, 1.82) is 0 Å². The number of nitrogens with zero attached hydrogens (tertiary/aromatic N) is 1. The van der Waals surface area contributed by atoms with Crippen molar-refractivity contribution in [3.63, 3.8) is 0 Å². The molecule has 1 aliphatic rings. The second-order valence-electron chi connectivity index (χ2n) is 6.90. The summed E-state index contributed by atoms with van der Waals surface area (Å²) in [6.45, 7) is 2.32. The Morgan fingerprint density at radius 3 is 2.59 bits per heavy atom. The van der Waals surface area contributed by atoms with Crippen LogP contribution in [-0.4, -0.2) is 31.2 Å². The molecule has 1 atom stereocenters. The molecular formula is C20H21ClF2N2O3S. The third-order valence-electron chi connectivity index (χ3n) is 5.01. The van der Waals surface area contributed by atoms with E-state index in [2.05, 4.69) is 5.32 Å². The third-order valence-corrected chi connectivity index (χ3v) is 7.25. The SMILES string of the molecule is CCC1CCCCN1S(=O)(=O)c1ccc(F)c(C(=O)Nc2ccc(F)c(Cl)c2)c1. The lowest BCUT2D eigenvalue weighted by Crippen LogP contribution is -2.43. The van der Waals surface area contributed by atoms with E-state index in [0.29, 0.717) is 13.0 Å². The van der Waals surface area contributed by atoms with Gasteiger partial charge in [0.1, 0.15) is 11.6 Å². The van der Waals surface area contributed by atoms with Crippen molar-refractivity contribution in [2.45, 2.75) is 43.5 Å². The smallest absolute Gasteiger partial charge is 0.258 e. The van der Waals surface area contributed by atoms with Gasteiger partial charge in [-0.25, -0.2) is 17.2 Å². The first-order valence-corrected chi connectivity index (χ1v) is 11.1.